The van der Waals surface area contributed by atoms with Gasteiger partial charge in [0.2, 0.25) is 11.8 Å². The topological polar surface area (TPSA) is 75.2 Å². The van der Waals surface area contributed by atoms with E-state index < -0.39 is 0 Å². The summed E-state index contributed by atoms with van der Waals surface area (Å²) >= 11 is 1.30. The standard InChI is InChI=1S/C15H22N4O2S/c1-9-10(2)16-15(17-11(9)3)22-8-14(21)19(4)7-13(20)18-12-5-6-12/h12H,5-8H2,1-4H3,(H,18,20). The summed E-state index contributed by atoms with van der Waals surface area (Å²) in [6, 6.07) is 0.317. The Balaban J connectivity index is 1.82. The number of hydrogen-bond acceptors (Lipinski definition) is 5. The van der Waals surface area contributed by atoms with Crippen LogP contribution >= 0.6 is 11.8 Å². The molecule has 1 N–H and O–H groups in total. The summed E-state index contributed by atoms with van der Waals surface area (Å²) in [5, 5.41) is 3.47. The smallest absolute Gasteiger partial charge is 0.239 e. The molecule has 0 aliphatic heterocycles. The van der Waals surface area contributed by atoms with Gasteiger partial charge in [0, 0.05) is 24.5 Å². The summed E-state index contributed by atoms with van der Waals surface area (Å²) in [7, 11) is 1.64. The number of carbonyl (C=O) groups is 2. The van der Waals surface area contributed by atoms with E-state index in [1.807, 2.05) is 20.8 Å². The fraction of sp³-hybridized carbons (Fsp3) is 0.600. The Bertz CT molecular complexity index is 564. The molecule has 0 saturated heterocycles. The number of rotatable bonds is 6. The number of amides is 2. The molecular weight excluding hydrogens is 300 g/mol. The summed E-state index contributed by atoms with van der Waals surface area (Å²) in [5.41, 5.74) is 2.93. The van der Waals surface area contributed by atoms with E-state index in [1.165, 1.54) is 16.7 Å². The number of likely N-dealkylation sites (N-methyl/N-ethyl adjacent to an activating group) is 1. The van der Waals surface area contributed by atoms with Gasteiger partial charge in [-0.2, -0.15) is 0 Å². The third kappa shape index (κ3) is 4.69. The van der Waals surface area contributed by atoms with Crippen LogP contribution in [0.4, 0.5) is 0 Å². The largest absolute Gasteiger partial charge is 0.352 e. The van der Waals surface area contributed by atoms with Crippen LogP contribution in [0.15, 0.2) is 5.16 Å². The second kappa shape index (κ2) is 7.09. The van der Waals surface area contributed by atoms with Crippen LogP contribution < -0.4 is 5.32 Å². The van der Waals surface area contributed by atoms with E-state index in [0.717, 1.165) is 29.8 Å². The number of nitrogens with one attached hydrogen (secondary N) is 1. The number of aromatic nitrogens is 2. The maximum atomic E-state index is 12.1. The van der Waals surface area contributed by atoms with E-state index >= 15 is 0 Å². The fourth-order valence-electron chi connectivity index (χ4n) is 1.85. The predicted molar refractivity (Wildman–Crippen MR) is 85.8 cm³/mol. The van der Waals surface area contributed by atoms with Gasteiger partial charge in [-0.05, 0) is 39.2 Å². The lowest BCUT2D eigenvalue weighted by molar-refractivity contribution is -0.132. The zero-order chi connectivity index (χ0) is 16.3. The lowest BCUT2D eigenvalue weighted by Crippen LogP contribution is -2.39. The second-order valence-corrected chi connectivity index (χ2v) is 6.62. The average molecular weight is 322 g/mol. The summed E-state index contributed by atoms with van der Waals surface area (Å²) in [4.78, 5) is 33.9. The average Bonchev–Trinajstić information content (AvgIpc) is 3.25. The summed E-state index contributed by atoms with van der Waals surface area (Å²) in [5.74, 6) is 0.0341. The fourth-order valence-corrected chi connectivity index (χ4v) is 2.72. The highest BCUT2D eigenvalue weighted by Crippen LogP contribution is 2.19. The first kappa shape index (κ1) is 16.7. The Labute approximate surface area is 135 Å². The highest BCUT2D eigenvalue weighted by Gasteiger charge is 2.24. The van der Waals surface area contributed by atoms with Crippen LogP contribution in [0.2, 0.25) is 0 Å². The lowest BCUT2D eigenvalue weighted by atomic mass is 10.2. The van der Waals surface area contributed by atoms with Gasteiger partial charge in [-0.3, -0.25) is 9.59 Å². The molecule has 0 radical (unpaired) electrons. The highest BCUT2D eigenvalue weighted by molar-refractivity contribution is 7.99. The quantitative estimate of drug-likeness (QED) is 0.630. The monoisotopic (exact) mass is 322 g/mol. The third-order valence-corrected chi connectivity index (χ3v) is 4.52. The predicted octanol–water partition coefficient (Wildman–Crippen LogP) is 1.23. The molecule has 7 heteroatoms. The third-order valence-electron chi connectivity index (χ3n) is 3.69. The van der Waals surface area contributed by atoms with E-state index in [-0.39, 0.29) is 24.1 Å². The van der Waals surface area contributed by atoms with Crippen molar-refractivity contribution in [3.8, 4) is 0 Å². The van der Waals surface area contributed by atoms with Gasteiger partial charge in [0.25, 0.3) is 0 Å². The first-order valence-electron chi connectivity index (χ1n) is 7.34. The first-order valence-corrected chi connectivity index (χ1v) is 8.33. The first-order chi connectivity index (χ1) is 10.4. The molecule has 6 nitrogen and oxygen atoms in total. The van der Waals surface area contributed by atoms with Crippen molar-refractivity contribution in [2.75, 3.05) is 19.3 Å². The zero-order valence-corrected chi connectivity index (χ0v) is 14.3. The van der Waals surface area contributed by atoms with Crippen molar-refractivity contribution in [3.63, 3.8) is 0 Å². The van der Waals surface area contributed by atoms with E-state index in [2.05, 4.69) is 15.3 Å². The molecule has 2 rings (SSSR count). The highest BCUT2D eigenvalue weighted by atomic mass is 32.2. The van der Waals surface area contributed by atoms with Crippen LogP contribution in [0.5, 0.6) is 0 Å². The molecule has 2 amide bonds. The van der Waals surface area contributed by atoms with Crippen molar-refractivity contribution in [3.05, 3.63) is 17.0 Å². The van der Waals surface area contributed by atoms with Crippen LogP contribution in [0, 0.1) is 20.8 Å². The maximum Gasteiger partial charge on any atom is 0.239 e. The molecule has 1 fully saturated rings. The van der Waals surface area contributed by atoms with Gasteiger partial charge >= 0.3 is 0 Å². The van der Waals surface area contributed by atoms with E-state index in [4.69, 9.17) is 0 Å². The van der Waals surface area contributed by atoms with Gasteiger partial charge in [0.1, 0.15) is 0 Å². The minimum atomic E-state index is -0.101. The summed E-state index contributed by atoms with van der Waals surface area (Å²) in [6.07, 6.45) is 2.09. The minimum absolute atomic E-state index is 0.0957. The number of carbonyl (C=O) groups excluding carboxylic acids is 2. The molecule has 1 aromatic heterocycles. The lowest BCUT2D eigenvalue weighted by Gasteiger charge is -2.16. The van der Waals surface area contributed by atoms with Crippen molar-refractivity contribution in [1.82, 2.24) is 20.2 Å². The van der Waals surface area contributed by atoms with Crippen molar-refractivity contribution < 1.29 is 9.59 Å². The van der Waals surface area contributed by atoms with E-state index in [9.17, 15) is 9.59 Å². The molecule has 1 saturated carbocycles. The van der Waals surface area contributed by atoms with Crippen molar-refractivity contribution in [2.24, 2.45) is 0 Å². The number of thioether (sulfide) groups is 1. The SMILES string of the molecule is Cc1nc(SCC(=O)N(C)CC(=O)NC2CC2)nc(C)c1C. The van der Waals surface area contributed by atoms with Crippen LogP contribution in [0.1, 0.15) is 29.8 Å². The Morgan fingerprint density at radius 3 is 2.36 bits per heavy atom. The molecule has 0 aromatic carbocycles. The van der Waals surface area contributed by atoms with Gasteiger partial charge in [-0.1, -0.05) is 11.8 Å². The second-order valence-electron chi connectivity index (χ2n) is 5.68. The van der Waals surface area contributed by atoms with Crippen LogP contribution in [0.3, 0.4) is 0 Å². The molecule has 1 aliphatic rings. The van der Waals surface area contributed by atoms with Gasteiger partial charge in [0.05, 0.1) is 12.3 Å². The van der Waals surface area contributed by atoms with E-state index in [1.54, 1.807) is 7.05 Å². The number of hydrogen-bond donors (Lipinski definition) is 1. The molecule has 1 aliphatic carbocycles. The molecule has 0 bridgehead atoms. The molecule has 0 unspecified atom stereocenters. The van der Waals surface area contributed by atoms with Crippen molar-refractivity contribution >= 4 is 23.6 Å². The molecule has 1 heterocycles. The van der Waals surface area contributed by atoms with Crippen LogP contribution in [0.25, 0.3) is 0 Å². The Kier molecular flexibility index (Phi) is 5.39. The van der Waals surface area contributed by atoms with Crippen molar-refractivity contribution in [1.29, 1.82) is 0 Å². The van der Waals surface area contributed by atoms with Crippen LogP contribution in [-0.2, 0) is 9.59 Å². The Morgan fingerprint density at radius 2 is 1.82 bits per heavy atom. The number of nitrogens with zero attached hydrogens (tertiary/aromatic N) is 3. The van der Waals surface area contributed by atoms with Crippen LogP contribution in [-0.4, -0.2) is 52.1 Å². The molecule has 22 heavy (non-hydrogen) atoms. The molecule has 120 valence electrons. The van der Waals surface area contributed by atoms with Gasteiger partial charge in [-0.25, -0.2) is 9.97 Å². The molecule has 1 aromatic rings. The normalized spacial score (nSPS) is 13.8. The minimum Gasteiger partial charge on any atom is -0.352 e. The number of aryl methyl sites for hydroxylation is 2. The Hall–Kier alpha value is -1.63. The van der Waals surface area contributed by atoms with Gasteiger partial charge in [-0.15, -0.1) is 0 Å². The zero-order valence-electron chi connectivity index (χ0n) is 13.5. The molecule has 0 atom stereocenters. The van der Waals surface area contributed by atoms with Gasteiger partial charge in [0.15, 0.2) is 5.16 Å². The van der Waals surface area contributed by atoms with E-state index in [0.29, 0.717) is 11.2 Å². The summed E-state index contributed by atoms with van der Waals surface area (Å²) < 4.78 is 0. The Morgan fingerprint density at radius 1 is 1.23 bits per heavy atom. The maximum absolute atomic E-state index is 12.1. The van der Waals surface area contributed by atoms with Crippen molar-refractivity contribution in [2.45, 2.75) is 44.8 Å². The molecule has 0 spiro atoms. The summed E-state index contributed by atoms with van der Waals surface area (Å²) in [6.45, 7) is 5.95. The molecular formula is C15H22N4O2S. The van der Waals surface area contributed by atoms with Gasteiger partial charge < -0.3 is 10.2 Å².